The van der Waals surface area contributed by atoms with Crippen molar-refractivity contribution in [1.29, 1.82) is 5.26 Å². The lowest BCUT2D eigenvalue weighted by Crippen LogP contribution is -2.49. The van der Waals surface area contributed by atoms with Crippen molar-refractivity contribution in [2.24, 2.45) is 0 Å². The van der Waals surface area contributed by atoms with Gasteiger partial charge in [0, 0.05) is 0 Å². The van der Waals surface area contributed by atoms with Gasteiger partial charge in [-0.2, -0.15) is 5.26 Å². The Balaban J connectivity index is 1.53. The van der Waals surface area contributed by atoms with Crippen LogP contribution in [0, 0.1) is 11.3 Å². The van der Waals surface area contributed by atoms with E-state index in [1.807, 2.05) is 121 Å². The SMILES string of the molecule is N#C[C@@H](OCc1ccccc1)[C@@H](OCc1ccccc1)[C@H](OCc1ccccc1)[C@H](O)COCc1ccccc1. The first-order valence-corrected chi connectivity index (χ1v) is 13.4. The molecule has 0 aromatic heterocycles. The van der Waals surface area contributed by atoms with Gasteiger partial charge in [-0.25, -0.2) is 0 Å². The van der Waals surface area contributed by atoms with Gasteiger partial charge >= 0.3 is 0 Å². The molecule has 40 heavy (non-hydrogen) atoms. The predicted molar refractivity (Wildman–Crippen MR) is 153 cm³/mol. The van der Waals surface area contributed by atoms with Crippen LogP contribution in [-0.4, -0.2) is 36.1 Å². The molecule has 0 aliphatic carbocycles. The van der Waals surface area contributed by atoms with Crippen LogP contribution < -0.4 is 0 Å². The van der Waals surface area contributed by atoms with E-state index in [0.29, 0.717) is 6.61 Å². The molecule has 0 saturated carbocycles. The molecule has 0 saturated heterocycles. The Morgan fingerprint density at radius 3 is 1.32 bits per heavy atom. The van der Waals surface area contributed by atoms with Crippen molar-refractivity contribution in [2.45, 2.75) is 50.8 Å². The molecule has 0 heterocycles. The standard InChI is InChI=1S/C34H35NO5/c35-21-32(38-23-28-15-7-2-8-16-28)34(40-25-30-19-11-4-12-20-30)33(39-24-29-17-9-3-10-18-29)31(36)26-37-22-27-13-5-1-6-14-27/h1-20,31-34,36H,22-26H2/t31-,32-,33-,34-/m1/s1. The molecule has 0 spiro atoms. The lowest BCUT2D eigenvalue weighted by molar-refractivity contribution is -0.177. The van der Waals surface area contributed by atoms with Gasteiger partial charge in [0.1, 0.15) is 18.3 Å². The van der Waals surface area contributed by atoms with E-state index in [1.165, 1.54) is 0 Å². The average molecular weight is 538 g/mol. The molecule has 6 nitrogen and oxygen atoms in total. The van der Waals surface area contributed by atoms with Crippen molar-refractivity contribution in [1.82, 2.24) is 0 Å². The molecule has 0 amide bonds. The van der Waals surface area contributed by atoms with Gasteiger partial charge in [0.2, 0.25) is 0 Å². The fourth-order valence-electron chi connectivity index (χ4n) is 4.25. The average Bonchev–Trinajstić information content (AvgIpc) is 3.01. The number of rotatable bonds is 16. The minimum Gasteiger partial charge on any atom is -0.388 e. The first-order valence-electron chi connectivity index (χ1n) is 13.4. The van der Waals surface area contributed by atoms with E-state index in [2.05, 4.69) is 6.07 Å². The van der Waals surface area contributed by atoms with Crippen LogP contribution in [0.4, 0.5) is 0 Å². The van der Waals surface area contributed by atoms with Crippen LogP contribution in [0.3, 0.4) is 0 Å². The Morgan fingerprint density at radius 2 is 0.900 bits per heavy atom. The first-order chi connectivity index (χ1) is 19.7. The first kappa shape index (κ1) is 29.2. The Hall–Kier alpha value is -3.83. The summed E-state index contributed by atoms with van der Waals surface area (Å²) in [6, 6.07) is 41.0. The second kappa shape index (κ2) is 16.3. The van der Waals surface area contributed by atoms with Crippen molar-refractivity contribution in [3.63, 3.8) is 0 Å². The lowest BCUT2D eigenvalue weighted by atomic mass is 10.0. The largest absolute Gasteiger partial charge is 0.388 e. The molecule has 4 rings (SSSR count). The third kappa shape index (κ3) is 9.42. The highest BCUT2D eigenvalue weighted by Gasteiger charge is 2.37. The predicted octanol–water partition coefficient (Wildman–Crippen LogP) is 5.84. The molecule has 4 aromatic rings. The third-order valence-electron chi connectivity index (χ3n) is 6.37. The Bertz CT molecular complexity index is 1270. The minimum atomic E-state index is -1.08. The zero-order chi connectivity index (χ0) is 27.8. The Kier molecular flexibility index (Phi) is 11.9. The topological polar surface area (TPSA) is 80.9 Å². The number of nitriles is 1. The highest BCUT2D eigenvalue weighted by atomic mass is 16.6. The highest BCUT2D eigenvalue weighted by molar-refractivity contribution is 5.16. The van der Waals surface area contributed by atoms with Gasteiger partial charge in [-0.05, 0) is 22.3 Å². The Labute approximate surface area is 236 Å². The summed E-state index contributed by atoms with van der Waals surface area (Å²) in [5, 5.41) is 21.6. The summed E-state index contributed by atoms with van der Waals surface area (Å²) < 4.78 is 24.5. The number of nitrogens with zero attached hydrogens (tertiary/aromatic N) is 1. The van der Waals surface area contributed by atoms with Crippen molar-refractivity contribution in [3.05, 3.63) is 144 Å². The maximum absolute atomic E-state index is 11.4. The van der Waals surface area contributed by atoms with Crippen molar-refractivity contribution in [3.8, 4) is 6.07 Å². The van der Waals surface area contributed by atoms with E-state index in [9.17, 15) is 10.4 Å². The van der Waals surface area contributed by atoms with Gasteiger partial charge in [0.15, 0.2) is 6.10 Å². The maximum Gasteiger partial charge on any atom is 0.173 e. The zero-order valence-corrected chi connectivity index (χ0v) is 22.4. The number of benzene rings is 4. The van der Waals surface area contributed by atoms with E-state index in [-0.39, 0.29) is 26.4 Å². The van der Waals surface area contributed by atoms with Crippen LogP contribution in [0.25, 0.3) is 0 Å². The summed E-state index contributed by atoms with van der Waals surface area (Å²) in [5.41, 5.74) is 3.79. The third-order valence-corrected chi connectivity index (χ3v) is 6.37. The van der Waals surface area contributed by atoms with E-state index < -0.39 is 24.4 Å². The fraction of sp³-hybridized carbons (Fsp3) is 0.265. The molecule has 1 N–H and O–H groups in total. The van der Waals surface area contributed by atoms with Gasteiger partial charge < -0.3 is 24.1 Å². The molecule has 206 valence electrons. The summed E-state index contributed by atoms with van der Waals surface area (Å²) in [5.74, 6) is 0. The minimum absolute atomic E-state index is 0.00359. The van der Waals surface area contributed by atoms with Gasteiger partial charge in [0.25, 0.3) is 0 Å². The summed E-state index contributed by atoms with van der Waals surface area (Å²) in [6.07, 6.45) is -3.88. The molecule has 4 atom stereocenters. The molecule has 0 bridgehead atoms. The quantitative estimate of drug-likeness (QED) is 0.193. The number of hydrogen-bond donors (Lipinski definition) is 1. The van der Waals surface area contributed by atoms with Crippen LogP contribution in [0.5, 0.6) is 0 Å². The molecule has 0 unspecified atom stereocenters. The number of hydrogen-bond acceptors (Lipinski definition) is 6. The van der Waals surface area contributed by atoms with Crippen LogP contribution in [0.2, 0.25) is 0 Å². The van der Waals surface area contributed by atoms with Gasteiger partial charge in [-0.15, -0.1) is 0 Å². The van der Waals surface area contributed by atoms with Crippen molar-refractivity contribution < 1.29 is 24.1 Å². The second-order valence-corrected chi connectivity index (χ2v) is 9.44. The highest BCUT2D eigenvalue weighted by Crippen LogP contribution is 2.21. The van der Waals surface area contributed by atoms with Crippen LogP contribution in [0.1, 0.15) is 22.3 Å². The summed E-state index contributed by atoms with van der Waals surface area (Å²) in [7, 11) is 0. The van der Waals surface area contributed by atoms with Gasteiger partial charge in [-0.3, -0.25) is 0 Å². The molecule has 4 aromatic carbocycles. The van der Waals surface area contributed by atoms with Crippen LogP contribution in [-0.2, 0) is 45.4 Å². The van der Waals surface area contributed by atoms with Crippen molar-refractivity contribution in [2.75, 3.05) is 6.61 Å². The summed E-state index contributed by atoms with van der Waals surface area (Å²) in [4.78, 5) is 0. The van der Waals surface area contributed by atoms with Crippen LogP contribution >= 0.6 is 0 Å². The smallest absolute Gasteiger partial charge is 0.173 e. The zero-order valence-electron chi connectivity index (χ0n) is 22.4. The van der Waals surface area contributed by atoms with E-state index in [4.69, 9.17) is 18.9 Å². The van der Waals surface area contributed by atoms with E-state index in [1.54, 1.807) is 0 Å². The second-order valence-electron chi connectivity index (χ2n) is 9.44. The van der Waals surface area contributed by atoms with E-state index >= 15 is 0 Å². The van der Waals surface area contributed by atoms with Crippen LogP contribution in [0.15, 0.2) is 121 Å². The monoisotopic (exact) mass is 537 g/mol. The van der Waals surface area contributed by atoms with Gasteiger partial charge in [-0.1, -0.05) is 121 Å². The summed E-state index contributed by atoms with van der Waals surface area (Å²) >= 11 is 0. The molecule has 6 heteroatoms. The molecular weight excluding hydrogens is 502 g/mol. The number of ether oxygens (including phenoxy) is 4. The molecule has 0 aliphatic heterocycles. The van der Waals surface area contributed by atoms with Gasteiger partial charge in [0.05, 0.1) is 39.1 Å². The summed E-state index contributed by atoms with van der Waals surface area (Å²) in [6.45, 7) is 1.00. The normalized spacial score (nSPS) is 14.1. The maximum atomic E-state index is 11.4. The number of aliphatic hydroxyl groups excluding tert-OH is 1. The molecule has 0 fully saturated rings. The molecule has 0 aliphatic rings. The van der Waals surface area contributed by atoms with E-state index in [0.717, 1.165) is 22.3 Å². The Morgan fingerprint density at radius 1 is 0.525 bits per heavy atom. The number of aliphatic hydroxyl groups is 1. The van der Waals surface area contributed by atoms with Crippen molar-refractivity contribution >= 4 is 0 Å². The fourth-order valence-corrected chi connectivity index (χ4v) is 4.25. The lowest BCUT2D eigenvalue weighted by Gasteiger charge is -2.33. The molecular formula is C34H35NO5. The molecule has 0 radical (unpaired) electrons.